The van der Waals surface area contributed by atoms with Gasteiger partial charge in [-0.05, 0) is 32.1 Å². The van der Waals surface area contributed by atoms with E-state index in [0.29, 0.717) is 18.2 Å². The molecule has 0 aromatic heterocycles. The SMILES string of the molecule is CCC1COC(C)CN1CC(N)C1CC1. The van der Waals surface area contributed by atoms with Gasteiger partial charge in [0, 0.05) is 25.2 Å². The molecule has 2 fully saturated rings. The van der Waals surface area contributed by atoms with Gasteiger partial charge in [0.25, 0.3) is 0 Å². The molecule has 0 amide bonds. The lowest BCUT2D eigenvalue weighted by molar-refractivity contribution is -0.0579. The highest BCUT2D eigenvalue weighted by Crippen LogP contribution is 2.32. The first kappa shape index (κ1) is 11.4. The van der Waals surface area contributed by atoms with Crippen molar-refractivity contribution in [3.8, 4) is 0 Å². The van der Waals surface area contributed by atoms with Crippen molar-refractivity contribution in [1.29, 1.82) is 0 Å². The molecule has 3 nitrogen and oxygen atoms in total. The maximum Gasteiger partial charge on any atom is 0.0674 e. The minimum Gasteiger partial charge on any atom is -0.376 e. The molecular formula is C12H24N2O. The summed E-state index contributed by atoms with van der Waals surface area (Å²) in [5, 5.41) is 0. The Labute approximate surface area is 93.0 Å². The molecule has 1 heterocycles. The zero-order chi connectivity index (χ0) is 10.8. The largest absolute Gasteiger partial charge is 0.376 e. The minimum atomic E-state index is 0.374. The Hall–Kier alpha value is -0.120. The van der Waals surface area contributed by atoms with Gasteiger partial charge in [-0.15, -0.1) is 0 Å². The van der Waals surface area contributed by atoms with Gasteiger partial charge in [-0.3, -0.25) is 4.90 Å². The first-order valence-corrected chi connectivity index (χ1v) is 6.32. The first-order valence-electron chi connectivity index (χ1n) is 6.32. The van der Waals surface area contributed by atoms with Gasteiger partial charge in [0.05, 0.1) is 12.7 Å². The molecule has 0 spiro atoms. The van der Waals surface area contributed by atoms with Gasteiger partial charge < -0.3 is 10.5 Å². The third kappa shape index (κ3) is 2.92. The summed E-state index contributed by atoms with van der Waals surface area (Å²) in [6, 6.07) is 0.982. The van der Waals surface area contributed by atoms with E-state index in [1.54, 1.807) is 0 Å². The van der Waals surface area contributed by atoms with E-state index in [0.717, 1.165) is 25.6 Å². The van der Waals surface area contributed by atoms with E-state index in [1.165, 1.54) is 19.3 Å². The zero-order valence-corrected chi connectivity index (χ0v) is 9.98. The van der Waals surface area contributed by atoms with E-state index in [1.807, 2.05) is 0 Å². The van der Waals surface area contributed by atoms with E-state index >= 15 is 0 Å². The smallest absolute Gasteiger partial charge is 0.0674 e. The van der Waals surface area contributed by atoms with Crippen LogP contribution >= 0.6 is 0 Å². The standard InChI is InChI=1S/C12H24N2O/c1-3-11-8-15-9(2)6-14(11)7-12(13)10-4-5-10/h9-12H,3-8,13H2,1-2H3. The Morgan fingerprint density at radius 3 is 2.80 bits per heavy atom. The molecule has 3 heteroatoms. The molecule has 1 saturated heterocycles. The van der Waals surface area contributed by atoms with Crippen molar-refractivity contribution in [3.63, 3.8) is 0 Å². The summed E-state index contributed by atoms with van der Waals surface area (Å²) in [5.41, 5.74) is 6.19. The van der Waals surface area contributed by atoms with E-state index < -0.39 is 0 Å². The average molecular weight is 212 g/mol. The van der Waals surface area contributed by atoms with Gasteiger partial charge in [0.2, 0.25) is 0 Å². The fourth-order valence-electron chi connectivity index (χ4n) is 2.46. The Balaban J connectivity index is 1.85. The molecule has 1 aliphatic carbocycles. The van der Waals surface area contributed by atoms with Gasteiger partial charge in [-0.1, -0.05) is 6.92 Å². The Morgan fingerprint density at radius 2 is 2.20 bits per heavy atom. The van der Waals surface area contributed by atoms with Crippen LogP contribution in [0.15, 0.2) is 0 Å². The van der Waals surface area contributed by atoms with Crippen LogP contribution in [0.2, 0.25) is 0 Å². The van der Waals surface area contributed by atoms with Gasteiger partial charge >= 0.3 is 0 Å². The normalized spacial score (nSPS) is 35.4. The zero-order valence-electron chi connectivity index (χ0n) is 9.98. The molecule has 0 aromatic rings. The van der Waals surface area contributed by atoms with Crippen molar-refractivity contribution in [3.05, 3.63) is 0 Å². The van der Waals surface area contributed by atoms with Gasteiger partial charge in [0.15, 0.2) is 0 Å². The Kier molecular flexibility index (Phi) is 3.65. The van der Waals surface area contributed by atoms with E-state index in [2.05, 4.69) is 18.7 Å². The Morgan fingerprint density at radius 1 is 1.47 bits per heavy atom. The van der Waals surface area contributed by atoms with Crippen molar-refractivity contribution in [1.82, 2.24) is 4.90 Å². The lowest BCUT2D eigenvalue weighted by atomic mass is 10.1. The summed E-state index contributed by atoms with van der Waals surface area (Å²) in [6.07, 6.45) is 4.24. The van der Waals surface area contributed by atoms with Crippen LogP contribution in [0.25, 0.3) is 0 Å². The van der Waals surface area contributed by atoms with Gasteiger partial charge in [0.1, 0.15) is 0 Å². The summed E-state index contributed by atoms with van der Waals surface area (Å²) < 4.78 is 5.69. The van der Waals surface area contributed by atoms with Crippen LogP contribution in [0.1, 0.15) is 33.1 Å². The van der Waals surface area contributed by atoms with E-state index in [-0.39, 0.29) is 0 Å². The third-order valence-corrected chi connectivity index (χ3v) is 3.73. The average Bonchev–Trinajstić information content (AvgIpc) is 3.01. The summed E-state index contributed by atoms with van der Waals surface area (Å²) in [7, 11) is 0. The van der Waals surface area contributed by atoms with Crippen molar-refractivity contribution < 1.29 is 4.74 Å². The minimum absolute atomic E-state index is 0.374. The summed E-state index contributed by atoms with van der Waals surface area (Å²) >= 11 is 0. The highest BCUT2D eigenvalue weighted by Gasteiger charge is 2.33. The quantitative estimate of drug-likeness (QED) is 0.761. The fraction of sp³-hybridized carbons (Fsp3) is 1.00. The second kappa shape index (κ2) is 4.81. The fourth-order valence-corrected chi connectivity index (χ4v) is 2.46. The number of rotatable bonds is 4. The number of hydrogen-bond donors (Lipinski definition) is 1. The first-order chi connectivity index (χ1) is 7.20. The summed E-state index contributed by atoms with van der Waals surface area (Å²) in [5.74, 6) is 0.806. The molecule has 3 unspecified atom stereocenters. The number of morpholine rings is 1. The molecule has 0 bridgehead atoms. The van der Waals surface area contributed by atoms with Crippen molar-refractivity contribution in [2.24, 2.45) is 11.7 Å². The van der Waals surface area contributed by atoms with Crippen LogP contribution in [0, 0.1) is 5.92 Å². The molecule has 0 aromatic carbocycles. The molecule has 1 aliphatic heterocycles. The van der Waals surface area contributed by atoms with Gasteiger partial charge in [-0.2, -0.15) is 0 Å². The maximum atomic E-state index is 6.19. The van der Waals surface area contributed by atoms with E-state index in [4.69, 9.17) is 10.5 Å². The molecule has 88 valence electrons. The molecule has 2 aliphatic rings. The van der Waals surface area contributed by atoms with Gasteiger partial charge in [-0.25, -0.2) is 0 Å². The molecule has 2 N–H and O–H groups in total. The molecule has 15 heavy (non-hydrogen) atoms. The van der Waals surface area contributed by atoms with Crippen molar-refractivity contribution in [2.45, 2.75) is 51.3 Å². The lowest BCUT2D eigenvalue weighted by Crippen LogP contribution is -2.52. The summed E-state index contributed by atoms with van der Waals surface area (Å²) in [6.45, 7) is 7.39. The van der Waals surface area contributed by atoms with Crippen LogP contribution in [0.4, 0.5) is 0 Å². The number of nitrogens with zero attached hydrogens (tertiary/aromatic N) is 1. The predicted octanol–water partition coefficient (Wildman–Crippen LogP) is 1.22. The lowest BCUT2D eigenvalue weighted by Gasteiger charge is -2.39. The summed E-state index contributed by atoms with van der Waals surface area (Å²) in [4.78, 5) is 2.54. The monoisotopic (exact) mass is 212 g/mol. The Bertz CT molecular complexity index is 206. The second-order valence-electron chi connectivity index (χ2n) is 5.16. The van der Waals surface area contributed by atoms with Crippen LogP contribution in [0.5, 0.6) is 0 Å². The molecule has 1 saturated carbocycles. The number of nitrogens with two attached hydrogens (primary N) is 1. The topological polar surface area (TPSA) is 38.5 Å². The predicted molar refractivity (Wildman–Crippen MR) is 61.8 cm³/mol. The maximum absolute atomic E-state index is 6.19. The second-order valence-corrected chi connectivity index (χ2v) is 5.16. The van der Waals surface area contributed by atoms with Crippen LogP contribution in [-0.2, 0) is 4.74 Å². The van der Waals surface area contributed by atoms with Crippen molar-refractivity contribution >= 4 is 0 Å². The molecule has 3 atom stereocenters. The third-order valence-electron chi connectivity index (χ3n) is 3.73. The molecule has 0 radical (unpaired) electrons. The van der Waals surface area contributed by atoms with Crippen LogP contribution < -0.4 is 5.73 Å². The van der Waals surface area contributed by atoms with E-state index in [9.17, 15) is 0 Å². The number of hydrogen-bond acceptors (Lipinski definition) is 3. The highest BCUT2D eigenvalue weighted by molar-refractivity contribution is 4.88. The highest BCUT2D eigenvalue weighted by atomic mass is 16.5. The number of ether oxygens (including phenoxy) is 1. The molecule has 2 rings (SSSR count). The van der Waals surface area contributed by atoms with Crippen molar-refractivity contribution in [2.75, 3.05) is 19.7 Å². The van der Waals surface area contributed by atoms with Crippen LogP contribution in [0.3, 0.4) is 0 Å². The van der Waals surface area contributed by atoms with Crippen LogP contribution in [-0.4, -0.2) is 42.8 Å². The molecular weight excluding hydrogens is 188 g/mol.